The third kappa shape index (κ3) is 4.63. The molecule has 6 nitrogen and oxygen atoms in total. The summed E-state index contributed by atoms with van der Waals surface area (Å²) in [7, 11) is 0. The Bertz CT molecular complexity index is 1830. The third-order valence-corrected chi connectivity index (χ3v) is 7.90. The molecule has 0 saturated carbocycles. The molecule has 2 aliphatic heterocycles. The molecular formula is C38H24O6. The molecule has 0 bridgehead atoms. The zero-order chi connectivity index (χ0) is 30.2. The largest absolute Gasteiger partial charge is 0.422 e. The summed E-state index contributed by atoms with van der Waals surface area (Å²) in [4.78, 5) is 49.4. The average molecular weight is 577 g/mol. The van der Waals surface area contributed by atoms with Crippen molar-refractivity contribution in [2.24, 2.45) is 0 Å². The Morgan fingerprint density at radius 2 is 0.659 bits per heavy atom. The van der Waals surface area contributed by atoms with Crippen LogP contribution in [0.15, 0.2) is 144 Å². The van der Waals surface area contributed by atoms with Gasteiger partial charge in [0.25, 0.3) is 0 Å². The summed E-state index contributed by atoms with van der Waals surface area (Å²) in [6.45, 7) is 0. The van der Waals surface area contributed by atoms with E-state index in [4.69, 9.17) is 9.47 Å². The molecule has 0 atom stereocenters. The quantitative estimate of drug-likeness (QED) is 0.250. The van der Waals surface area contributed by atoms with Gasteiger partial charge in [-0.25, -0.2) is 9.59 Å². The van der Waals surface area contributed by atoms with E-state index in [-0.39, 0.29) is 24.4 Å². The van der Waals surface area contributed by atoms with Crippen LogP contribution in [0.5, 0.6) is 0 Å². The van der Waals surface area contributed by atoms with Gasteiger partial charge in [-0.05, 0) is 22.3 Å². The third-order valence-electron chi connectivity index (χ3n) is 7.90. The van der Waals surface area contributed by atoms with E-state index in [0.717, 1.165) is 33.4 Å². The van der Waals surface area contributed by atoms with Crippen LogP contribution < -0.4 is 0 Å². The minimum atomic E-state index is -0.447. The van der Waals surface area contributed by atoms with Crippen molar-refractivity contribution in [3.05, 3.63) is 166 Å². The Balaban J connectivity index is 0.000000142. The monoisotopic (exact) mass is 576 g/mol. The number of benzene rings is 4. The number of allylic oxidation sites excluding steroid dienone is 4. The van der Waals surface area contributed by atoms with Crippen LogP contribution >= 0.6 is 0 Å². The van der Waals surface area contributed by atoms with E-state index in [1.807, 2.05) is 121 Å². The van der Waals surface area contributed by atoms with Crippen LogP contribution in [-0.4, -0.2) is 23.5 Å². The van der Waals surface area contributed by atoms with Gasteiger partial charge in [-0.3, -0.25) is 9.59 Å². The molecule has 2 aliphatic carbocycles. The minimum Gasteiger partial charge on any atom is -0.422 e. The molecule has 0 spiro atoms. The maximum Gasteiger partial charge on any atom is 0.345 e. The molecule has 0 fully saturated rings. The zero-order valence-electron chi connectivity index (χ0n) is 23.4. The van der Waals surface area contributed by atoms with Crippen molar-refractivity contribution >= 4 is 45.8 Å². The highest BCUT2D eigenvalue weighted by Crippen LogP contribution is 2.46. The Kier molecular flexibility index (Phi) is 6.79. The number of fused-ring (bicyclic) bond motifs is 2. The molecule has 0 unspecified atom stereocenters. The second-order valence-electron chi connectivity index (χ2n) is 10.6. The van der Waals surface area contributed by atoms with Gasteiger partial charge in [-0.15, -0.1) is 0 Å². The number of hydrogen-bond donors (Lipinski definition) is 0. The number of rotatable bonds is 4. The summed E-state index contributed by atoms with van der Waals surface area (Å²) in [5.41, 5.74) is 6.48. The molecule has 0 N–H and O–H groups in total. The number of esters is 2. The van der Waals surface area contributed by atoms with Gasteiger partial charge in [0.05, 0.1) is 22.3 Å². The van der Waals surface area contributed by atoms with Gasteiger partial charge in [-0.2, -0.15) is 0 Å². The van der Waals surface area contributed by atoms with Crippen molar-refractivity contribution in [1.82, 2.24) is 0 Å². The number of carbonyl (C=O) groups is 4. The van der Waals surface area contributed by atoms with E-state index >= 15 is 0 Å². The Hall–Kier alpha value is -5.88. The van der Waals surface area contributed by atoms with Crippen LogP contribution in [-0.2, 0) is 28.7 Å². The number of Topliss-reactive ketones (excluding diaryl/α,β-unsaturated/α-hetero) is 2. The highest BCUT2D eigenvalue weighted by Gasteiger charge is 2.43. The predicted octanol–water partition coefficient (Wildman–Crippen LogP) is 6.76. The highest BCUT2D eigenvalue weighted by atomic mass is 16.5. The fourth-order valence-electron chi connectivity index (χ4n) is 5.92. The van der Waals surface area contributed by atoms with Crippen LogP contribution in [0.25, 0.3) is 22.3 Å². The van der Waals surface area contributed by atoms with Gasteiger partial charge < -0.3 is 9.47 Å². The number of carbonyl (C=O) groups excluding carboxylic acids is 4. The lowest BCUT2D eigenvalue weighted by Crippen LogP contribution is -2.02. The summed E-state index contributed by atoms with van der Waals surface area (Å²) in [5, 5.41) is 0. The lowest BCUT2D eigenvalue weighted by molar-refractivity contribution is -0.132. The molecule has 0 radical (unpaired) electrons. The smallest absolute Gasteiger partial charge is 0.345 e. The molecule has 0 saturated heterocycles. The van der Waals surface area contributed by atoms with Crippen molar-refractivity contribution in [3.63, 3.8) is 0 Å². The van der Waals surface area contributed by atoms with Gasteiger partial charge in [0, 0.05) is 24.0 Å². The van der Waals surface area contributed by atoms with Crippen LogP contribution in [0.1, 0.15) is 35.1 Å². The van der Waals surface area contributed by atoms with E-state index in [1.54, 1.807) is 0 Å². The molecule has 212 valence electrons. The van der Waals surface area contributed by atoms with Gasteiger partial charge in [0.1, 0.15) is 11.5 Å². The Morgan fingerprint density at radius 1 is 0.364 bits per heavy atom. The molecule has 4 aromatic carbocycles. The summed E-state index contributed by atoms with van der Waals surface area (Å²) in [6, 6.07) is 37.5. The fourth-order valence-corrected chi connectivity index (χ4v) is 5.92. The van der Waals surface area contributed by atoms with Gasteiger partial charge >= 0.3 is 11.9 Å². The summed E-state index contributed by atoms with van der Waals surface area (Å²) in [5.74, 6) is -0.146. The van der Waals surface area contributed by atoms with Crippen LogP contribution in [0.4, 0.5) is 0 Å². The molecule has 2 heterocycles. The normalized spacial score (nSPS) is 17.1. The minimum absolute atomic E-state index is 0.0569. The standard InChI is InChI=1S/2C19H12O3/c2*20-15-11-14(12-7-3-1-4-8-12)18-17(15)16(19(21)22-18)13-9-5-2-6-10-13/h2*1-10H,11H2. The zero-order valence-corrected chi connectivity index (χ0v) is 23.4. The number of ketones is 2. The summed E-state index contributed by atoms with van der Waals surface area (Å²) < 4.78 is 10.9. The molecule has 0 aromatic heterocycles. The topological polar surface area (TPSA) is 86.7 Å². The van der Waals surface area contributed by atoms with E-state index in [0.29, 0.717) is 33.8 Å². The van der Waals surface area contributed by atoms with Crippen LogP contribution in [0.3, 0.4) is 0 Å². The van der Waals surface area contributed by atoms with Crippen molar-refractivity contribution < 1.29 is 28.7 Å². The summed E-state index contributed by atoms with van der Waals surface area (Å²) in [6.07, 6.45) is 0.552. The van der Waals surface area contributed by atoms with Crippen LogP contribution in [0.2, 0.25) is 0 Å². The molecule has 44 heavy (non-hydrogen) atoms. The average Bonchev–Trinajstić information content (AvgIpc) is 3.78. The Morgan fingerprint density at radius 3 is 0.977 bits per heavy atom. The van der Waals surface area contributed by atoms with Gasteiger partial charge in [0.15, 0.2) is 11.6 Å². The molecule has 0 amide bonds. The molecule has 4 aliphatic rings. The fraction of sp³-hybridized carbons (Fsp3) is 0.0526. The van der Waals surface area contributed by atoms with E-state index in [2.05, 4.69) is 0 Å². The van der Waals surface area contributed by atoms with Gasteiger partial charge in [0.2, 0.25) is 0 Å². The first-order valence-corrected chi connectivity index (χ1v) is 14.2. The second-order valence-corrected chi connectivity index (χ2v) is 10.6. The summed E-state index contributed by atoms with van der Waals surface area (Å²) >= 11 is 0. The SMILES string of the molecule is O=C1CC(c2ccccc2)=C2OC(=O)C(c3ccccc3)=C12.O=C1CC(c2ccccc2)=C2OC(=O)C(c3ccccc3)=C12. The van der Waals surface area contributed by atoms with Crippen molar-refractivity contribution in [3.8, 4) is 0 Å². The maximum absolute atomic E-state index is 12.4. The lowest BCUT2D eigenvalue weighted by atomic mass is 10.00. The van der Waals surface area contributed by atoms with E-state index < -0.39 is 11.9 Å². The Labute approximate surface area is 253 Å². The molecule has 4 aromatic rings. The van der Waals surface area contributed by atoms with Crippen molar-refractivity contribution in [2.45, 2.75) is 12.8 Å². The molecule has 8 rings (SSSR count). The van der Waals surface area contributed by atoms with Crippen molar-refractivity contribution in [2.75, 3.05) is 0 Å². The highest BCUT2D eigenvalue weighted by molar-refractivity contribution is 6.33. The van der Waals surface area contributed by atoms with E-state index in [1.165, 1.54) is 0 Å². The number of ether oxygens (including phenoxy) is 2. The molecule has 6 heteroatoms. The van der Waals surface area contributed by atoms with E-state index in [9.17, 15) is 19.2 Å². The first-order chi connectivity index (χ1) is 21.5. The molecular weight excluding hydrogens is 552 g/mol. The lowest BCUT2D eigenvalue weighted by Gasteiger charge is -2.04. The first kappa shape index (κ1) is 27.0. The first-order valence-electron chi connectivity index (χ1n) is 14.2. The van der Waals surface area contributed by atoms with Crippen molar-refractivity contribution in [1.29, 1.82) is 0 Å². The maximum atomic E-state index is 12.4. The predicted molar refractivity (Wildman–Crippen MR) is 165 cm³/mol. The second kappa shape index (κ2) is 11.1. The van der Waals surface area contributed by atoms with Crippen LogP contribution in [0, 0.1) is 0 Å². The van der Waals surface area contributed by atoms with Gasteiger partial charge in [-0.1, -0.05) is 121 Å². The number of hydrogen-bond acceptors (Lipinski definition) is 6.